The molecule has 0 spiro atoms. The van der Waals surface area contributed by atoms with Crippen molar-refractivity contribution in [1.82, 2.24) is 4.72 Å². The van der Waals surface area contributed by atoms with E-state index in [2.05, 4.69) is 10.6 Å². The highest BCUT2D eigenvalue weighted by Gasteiger charge is 2.24. The van der Waals surface area contributed by atoms with Crippen LogP contribution >= 0.6 is 0 Å². The van der Waals surface area contributed by atoms with Gasteiger partial charge < -0.3 is 5.73 Å². The van der Waals surface area contributed by atoms with Crippen LogP contribution in [0.5, 0.6) is 0 Å². The van der Waals surface area contributed by atoms with E-state index in [0.29, 0.717) is 23.2 Å². The molecule has 0 aliphatic heterocycles. The van der Waals surface area contributed by atoms with E-state index in [1.807, 2.05) is 13.8 Å². The summed E-state index contributed by atoms with van der Waals surface area (Å²) in [6.45, 7) is 7.30. The average molecular weight is 294 g/mol. The fourth-order valence-electron chi connectivity index (χ4n) is 2.31. The Kier molecular flexibility index (Phi) is 5.21. The van der Waals surface area contributed by atoms with Crippen LogP contribution in [0.2, 0.25) is 0 Å². The molecule has 0 saturated heterocycles. The van der Waals surface area contributed by atoms with E-state index in [4.69, 9.17) is 12.2 Å². The van der Waals surface area contributed by atoms with Crippen molar-refractivity contribution in [3.8, 4) is 12.3 Å². The Balaban J connectivity index is 3.30. The van der Waals surface area contributed by atoms with Gasteiger partial charge >= 0.3 is 0 Å². The minimum Gasteiger partial charge on any atom is -0.398 e. The fourth-order valence-corrected chi connectivity index (χ4v) is 3.98. The minimum atomic E-state index is -3.67. The van der Waals surface area contributed by atoms with Gasteiger partial charge in [-0.1, -0.05) is 25.3 Å². The molecule has 1 aromatic rings. The maximum absolute atomic E-state index is 12.5. The number of terminal acetylenes is 1. The molecule has 3 N–H and O–H groups in total. The Bertz CT molecular complexity index is 643. The van der Waals surface area contributed by atoms with Crippen molar-refractivity contribution in [3.63, 3.8) is 0 Å². The van der Waals surface area contributed by atoms with Gasteiger partial charge in [0.2, 0.25) is 10.0 Å². The molecule has 1 rings (SSSR count). The highest BCUT2D eigenvalue weighted by molar-refractivity contribution is 7.89. The van der Waals surface area contributed by atoms with Gasteiger partial charge in [0, 0.05) is 5.69 Å². The molecule has 1 atom stereocenters. The lowest BCUT2D eigenvalue weighted by molar-refractivity contribution is 0.563. The summed E-state index contributed by atoms with van der Waals surface area (Å²) in [6.07, 6.45) is 6.79. The molecule has 1 unspecified atom stereocenters. The van der Waals surface area contributed by atoms with E-state index in [1.165, 1.54) is 0 Å². The maximum Gasteiger partial charge on any atom is 0.242 e. The molecule has 0 aliphatic carbocycles. The van der Waals surface area contributed by atoms with Crippen molar-refractivity contribution in [1.29, 1.82) is 0 Å². The van der Waals surface area contributed by atoms with Gasteiger partial charge in [-0.15, -0.1) is 6.42 Å². The third-order valence-corrected chi connectivity index (χ3v) is 5.07. The average Bonchev–Trinajstić information content (AvgIpc) is 2.34. The zero-order valence-electron chi connectivity index (χ0n) is 12.4. The third-order valence-electron chi connectivity index (χ3n) is 3.31. The van der Waals surface area contributed by atoms with Crippen LogP contribution < -0.4 is 10.5 Å². The number of hydrogen-bond donors (Lipinski definition) is 2. The van der Waals surface area contributed by atoms with Crippen LogP contribution in [0, 0.1) is 33.1 Å². The molecule has 5 heteroatoms. The molecule has 20 heavy (non-hydrogen) atoms. The second kappa shape index (κ2) is 6.29. The van der Waals surface area contributed by atoms with Gasteiger partial charge in [0.1, 0.15) is 0 Å². The Morgan fingerprint density at radius 3 is 2.45 bits per heavy atom. The summed E-state index contributed by atoms with van der Waals surface area (Å²) < 4.78 is 27.6. The van der Waals surface area contributed by atoms with Gasteiger partial charge in [0.25, 0.3) is 0 Å². The Morgan fingerprint density at radius 2 is 1.95 bits per heavy atom. The fraction of sp³-hybridized carbons (Fsp3) is 0.467. The molecule has 110 valence electrons. The third kappa shape index (κ3) is 3.33. The summed E-state index contributed by atoms with van der Waals surface area (Å²) in [4.78, 5) is 0.233. The summed E-state index contributed by atoms with van der Waals surface area (Å²) in [5, 5.41) is 0. The Hall–Kier alpha value is -1.51. The normalized spacial score (nSPS) is 12.9. The van der Waals surface area contributed by atoms with Gasteiger partial charge in [-0.2, -0.15) is 4.72 Å². The second-order valence-electron chi connectivity index (χ2n) is 5.01. The summed E-state index contributed by atoms with van der Waals surface area (Å²) in [6, 6.07) is 1.29. The van der Waals surface area contributed by atoms with Crippen LogP contribution in [0.4, 0.5) is 5.69 Å². The van der Waals surface area contributed by atoms with Crippen LogP contribution in [0.1, 0.15) is 36.5 Å². The second-order valence-corrected chi connectivity index (χ2v) is 6.66. The first kappa shape index (κ1) is 16.5. The first-order chi connectivity index (χ1) is 9.24. The predicted molar refractivity (Wildman–Crippen MR) is 82.9 cm³/mol. The summed E-state index contributed by atoms with van der Waals surface area (Å²) in [5.41, 5.74) is 8.56. The first-order valence-electron chi connectivity index (χ1n) is 6.59. The van der Waals surface area contributed by atoms with Gasteiger partial charge in [-0.3, -0.25) is 0 Å². The first-order valence-corrected chi connectivity index (χ1v) is 8.07. The van der Waals surface area contributed by atoms with E-state index in [9.17, 15) is 8.42 Å². The lowest BCUT2D eigenvalue weighted by atomic mass is 10.1. The standard InChI is InChI=1S/C15H22N2O2S/c1-6-8-13(7-2)17-20(18,19)15-11(4)9-10(3)14(16)12(15)5/h2,9,13,17H,6,8,16H2,1,3-5H3. The minimum absolute atomic E-state index is 0.233. The Morgan fingerprint density at radius 1 is 1.35 bits per heavy atom. The van der Waals surface area contributed by atoms with Crippen LogP contribution in [-0.2, 0) is 10.0 Å². The number of benzene rings is 1. The summed E-state index contributed by atoms with van der Waals surface area (Å²) in [7, 11) is -3.67. The quantitative estimate of drug-likeness (QED) is 0.646. The number of nitrogens with one attached hydrogen (secondary N) is 1. The molecule has 0 fully saturated rings. The van der Waals surface area contributed by atoms with E-state index < -0.39 is 16.1 Å². The van der Waals surface area contributed by atoms with Crippen molar-refractivity contribution in [3.05, 3.63) is 22.8 Å². The molecule has 4 nitrogen and oxygen atoms in total. The highest BCUT2D eigenvalue weighted by atomic mass is 32.2. The van der Waals surface area contributed by atoms with E-state index in [1.54, 1.807) is 19.9 Å². The van der Waals surface area contributed by atoms with Gasteiger partial charge in [-0.25, -0.2) is 8.42 Å². The van der Waals surface area contributed by atoms with Crippen LogP contribution in [0.3, 0.4) is 0 Å². The molecule has 0 saturated carbocycles. The van der Waals surface area contributed by atoms with E-state index in [0.717, 1.165) is 12.0 Å². The van der Waals surface area contributed by atoms with Crippen molar-refractivity contribution in [2.75, 3.05) is 5.73 Å². The Labute approximate surface area is 121 Å². The molecular formula is C15H22N2O2S. The number of sulfonamides is 1. The van der Waals surface area contributed by atoms with Gasteiger partial charge in [0.15, 0.2) is 0 Å². The molecule has 0 heterocycles. The SMILES string of the molecule is C#CC(CCC)NS(=O)(=O)c1c(C)cc(C)c(N)c1C. The van der Waals surface area contributed by atoms with E-state index in [-0.39, 0.29) is 4.90 Å². The number of nitrogen functional groups attached to an aromatic ring is 1. The summed E-state index contributed by atoms with van der Waals surface area (Å²) >= 11 is 0. The largest absolute Gasteiger partial charge is 0.398 e. The molecule has 0 radical (unpaired) electrons. The zero-order chi connectivity index (χ0) is 15.5. The number of hydrogen-bond acceptors (Lipinski definition) is 3. The van der Waals surface area contributed by atoms with Gasteiger partial charge in [-0.05, 0) is 43.9 Å². The highest BCUT2D eigenvalue weighted by Crippen LogP contribution is 2.28. The molecule has 0 aromatic heterocycles. The smallest absolute Gasteiger partial charge is 0.242 e. The number of rotatable bonds is 5. The van der Waals surface area contributed by atoms with Crippen molar-refractivity contribution in [2.24, 2.45) is 0 Å². The molecule has 0 amide bonds. The van der Waals surface area contributed by atoms with Crippen LogP contribution in [-0.4, -0.2) is 14.5 Å². The maximum atomic E-state index is 12.5. The van der Waals surface area contributed by atoms with Crippen molar-refractivity contribution in [2.45, 2.75) is 51.5 Å². The van der Waals surface area contributed by atoms with E-state index >= 15 is 0 Å². The predicted octanol–water partition coefficient (Wildman–Crippen LogP) is 2.27. The zero-order valence-corrected chi connectivity index (χ0v) is 13.3. The lowest BCUT2D eigenvalue weighted by Crippen LogP contribution is -2.34. The number of anilines is 1. The number of nitrogens with two attached hydrogens (primary N) is 1. The van der Waals surface area contributed by atoms with Crippen molar-refractivity contribution < 1.29 is 8.42 Å². The lowest BCUT2D eigenvalue weighted by Gasteiger charge is -2.18. The topological polar surface area (TPSA) is 72.2 Å². The van der Waals surface area contributed by atoms with Crippen LogP contribution in [0.15, 0.2) is 11.0 Å². The molecule has 0 aliphatic rings. The van der Waals surface area contributed by atoms with Crippen molar-refractivity contribution >= 4 is 15.7 Å². The molecule has 0 bridgehead atoms. The molecular weight excluding hydrogens is 272 g/mol. The van der Waals surface area contributed by atoms with Crippen LogP contribution in [0.25, 0.3) is 0 Å². The monoisotopic (exact) mass is 294 g/mol. The summed E-state index contributed by atoms with van der Waals surface area (Å²) in [5.74, 6) is 2.47. The van der Waals surface area contributed by atoms with Gasteiger partial charge in [0.05, 0.1) is 10.9 Å². The number of aryl methyl sites for hydroxylation is 2. The molecule has 1 aromatic carbocycles.